The van der Waals surface area contributed by atoms with Crippen LogP contribution < -0.4 is 10.5 Å². The van der Waals surface area contributed by atoms with Gasteiger partial charge in [0.15, 0.2) is 0 Å². The highest BCUT2D eigenvalue weighted by Crippen LogP contribution is 2.21. The van der Waals surface area contributed by atoms with Gasteiger partial charge in [-0.3, -0.25) is 0 Å². The fourth-order valence-electron chi connectivity index (χ4n) is 1.58. The maximum Gasteiger partial charge on any atom is 0.237 e. The van der Waals surface area contributed by atoms with E-state index in [0.29, 0.717) is 17.5 Å². The Morgan fingerprint density at radius 1 is 1.40 bits per heavy atom. The average Bonchev–Trinajstić information content (AvgIpc) is 2.08. The molecule has 0 aliphatic carbocycles. The first kappa shape index (κ1) is 11.8. The second kappa shape index (κ2) is 5.01. The highest BCUT2D eigenvalue weighted by Gasteiger charge is 2.09. The van der Waals surface area contributed by atoms with E-state index >= 15 is 0 Å². The van der Waals surface area contributed by atoms with Gasteiger partial charge < -0.3 is 10.5 Å². The number of hydrogen-bond donors (Lipinski definition) is 1. The Morgan fingerprint density at radius 3 is 2.60 bits per heavy atom. The summed E-state index contributed by atoms with van der Waals surface area (Å²) in [6, 6.07) is 1.88. The Hall–Kier alpha value is -1.25. The molecule has 3 heteroatoms. The van der Waals surface area contributed by atoms with E-state index in [9.17, 15) is 0 Å². The van der Waals surface area contributed by atoms with Crippen LogP contribution in [0.4, 0.5) is 5.69 Å². The zero-order valence-electron chi connectivity index (χ0n) is 9.95. The standard InChI is InChI=1S/C12H20N2O/c1-8(2)5-10(4)15-12-11(13)6-9(3)7-14-12/h6-8,10H,5,13H2,1-4H3. The van der Waals surface area contributed by atoms with Crippen LogP contribution >= 0.6 is 0 Å². The lowest BCUT2D eigenvalue weighted by Crippen LogP contribution is -2.16. The number of aryl methyl sites for hydroxylation is 1. The molecular weight excluding hydrogens is 188 g/mol. The minimum atomic E-state index is 0.155. The summed E-state index contributed by atoms with van der Waals surface area (Å²) in [7, 11) is 0. The van der Waals surface area contributed by atoms with E-state index in [-0.39, 0.29) is 6.10 Å². The van der Waals surface area contributed by atoms with Crippen molar-refractivity contribution >= 4 is 5.69 Å². The van der Waals surface area contributed by atoms with Gasteiger partial charge >= 0.3 is 0 Å². The minimum absolute atomic E-state index is 0.155. The molecule has 0 bridgehead atoms. The van der Waals surface area contributed by atoms with Crippen LogP contribution in [-0.2, 0) is 0 Å². The van der Waals surface area contributed by atoms with Gasteiger partial charge in [-0.1, -0.05) is 13.8 Å². The molecule has 1 atom stereocenters. The van der Waals surface area contributed by atoms with E-state index in [1.54, 1.807) is 6.20 Å². The largest absolute Gasteiger partial charge is 0.473 e. The van der Waals surface area contributed by atoms with E-state index in [0.717, 1.165) is 12.0 Å². The fraction of sp³-hybridized carbons (Fsp3) is 0.583. The lowest BCUT2D eigenvalue weighted by Gasteiger charge is -2.16. The molecule has 84 valence electrons. The monoisotopic (exact) mass is 208 g/mol. The maximum atomic E-state index is 5.81. The molecule has 1 rings (SSSR count). The number of nitrogens with two attached hydrogens (primary N) is 1. The SMILES string of the molecule is Cc1cnc(OC(C)CC(C)C)c(N)c1. The van der Waals surface area contributed by atoms with Crippen molar-refractivity contribution in [2.75, 3.05) is 5.73 Å². The summed E-state index contributed by atoms with van der Waals surface area (Å²) < 4.78 is 5.67. The molecule has 0 radical (unpaired) electrons. The average molecular weight is 208 g/mol. The summed E-state index contributed by atoms with van der Waals surface area (Å²) in [4.78, 5) is 4.18. The smallest absolute Gasteiger partial charge is 0.237 e. The van der Waals surface area contributed by atoms with Gasteiger partial charge in [-0.15, -0.1) is 0 Å². The summed E-state index contributed by atoms with van der Waals surface area (Å²) >= 11 is 0. The third-order valence-electron chi connectivity index (χ3n) is 2.13. The molecule has 1 heterocycles. The quantitative estimate of drug-likeness (QED) is 0.827. The van der Waals surface area contributed by atoms with Crippen LogP contribution in [0.25, 0.3) is 0 Å². The molecule has 15 heavy (non-hydrogen) atoms. The van der Waals surface area contributed by atoms with Crippen molar-refractivity contribution in [3.05, 3.63) is 17.8 Å². The molecular formula is C12H20N2O. The predicted molar refractivity (Wildman–Crippen MR) is 62.9 cm³/mol. The lowest BCUT2D eigenvalue weighted by atomic mass is 10.1. The first-order chi connectivity index (χ1) is 6.99. The molecule has 0 aliphatic heterocycles. The molecule has 0 spiro atoms. The second-order valence-electron chi connectivity index (χ2n) is 4.47. The van der Waals surface area contributed by atoms with Gasteiger partial charge in [0.05, 0.1) is 11.8 Å². The van der Waals surface area contributed by atoms with Crippen molar-refractivity contribution < 1.29 is 4.74 Å². The summed E-state index contributed by atoms with van der Waals surface area (Å²) in [5, 5.41) is 0. The topological polar surface area (TPSA) is 48.1 Å². The lowest BCUT2D eigenvalue weighted by molar-refractivity contribution is 0.187. The van der Waals surface area contributed by atoms with Crippen LogP contribution in [-0.4, -0.2) is 11.1 Å². The van der Waals surface area contributed by atoms with Gasteiger partial charge in [0.1, 0.15) is 0 Å². The second-order valence-corrected chi connectivity index (χ2v) is 4.47. The zero-order chi connectivity index (χ0) is 11.4. The van der Waals surface area contributed by atoms with Crippen LogP contribution in [0.15, 0.2) is 12.3 Å². The third kappa shape index (κ3) is 3.78. The Balaban J connectivity index is 2.64. The van der Waals surface area contributed by atoms with Crippen LogP contribution in [0.3, 0.4) is 0 Å². The number of anilines is 1. The van der Waals surface area contributed by atoms with Crippen LogP contribution in [0.5, 0.6) is 5.88 Å². The van der Waals surface area contributed by atoms with Crippen LogP contribution in [0.2, 0.25) is 0 Å². The van der Waals surface area contributed by atoms with Gasteiger partial charge in [0.2, 0.25) is 5.88 Å². The number of pyridine rings is 1. The van der Waals surface area contributed by atoms with Crippen molar-refractivity contribution in [2.45, 2.75) is 40.2 Å². The van der Waals surface area contributed by atoms with Crippen LogP contribution in [0, 0.1) is 12.8 Å². The normalized spacial score (nSPS) is 12.9. The summed E-state index contributed by atoms with van der Waals surface area (Å²) in [5.41, 5.74) is 7.48. The Bertz CT molecular complexity index is 323. The van der Waals surface area contributed by atoms with Crippen molar-refractivity contribution in [1.82, 2.24) is 4.98 Å². The van der Waals surface area contributed by atoms with E-state index < -0.39 is 0 Å². The molecule has 1 aromatic rings. The molecule has 3 nitrogen and oxygen atoms in total. The minimum Gasteiger partial charge on any atom is -0.473 e. The van der Waals surface area contributed by atoms with Crippen molar-refractivity contribution in [3.63, 3.8) is 0 Å². The van der Waals surface area contributed by atoms with Crippen LogP contribution in [0.1, 0.15) is 32.8 Å². The van der Waals surface area contributed by atoms with Gasteiger partial charge in [-0.25, -0.2) is 4.98 Å². The molecule has 0 saturated carbocycles. The Morgan fingerprint density at radius 2 is 2.07 bits per heavy atom. The Labute approximate surface area is 91.7 Å². The number of ether oxygens (including phenoxy) is 1. The van der Waals surface area contributed by atoms with Gasteiger partial charge in [-0.2, -0.15) is 0 Å². The van der Waals surface area contributed by atoms with Gasteiger partial charge in [-0.05, 0) is 37.8 Å². The number of nitrogens with zero attached hydrogens (tertiary/aromatic N) is 1. The Kier molecular flexibility index (Phi) is 3.95. The van der Waals surface area contributed by atoms with E-state index in [1.165, 1.54) is 0 Å². The third-order valence-corrected chi connectivity index (χ3v) is 2.13. The first-order valence-corrected chi connectivity index (χ1v) is 5.37. The molecule has 0 aliphatic rings. The molecule has 0 aromatic carbocycles. The highest BCUT2D eigenvalue weighted by atomic mass is 16.5. The predicted octanol–water partition coefficient (Wildman–Crippen LogP) is 2.79. The number of nitrogen functional groups attached to an aromatic ring is 1. The van der Waals surface area contributed by atoms with Crippen molar-refractivity contribution in [2.24, 2.45) is 5.92 Å². The van der Waals surface area contributed by atoms with Crippen molar-refractivity contribution in [1.29, 1.82) is 0 Å². The zero-order valence-corrected chi connectivity index (χ0v) is 9.95. The summed E-state index contributed by atoms with van der Waals surface area (Å²) in [6.07, 6.45) is 2.94. The molecule has 1 aromatic heterocycles. The number of aromatic nitrogens is 1. The summed E-state index contributed by atoms with van der Waals surface area (Å²) in [5.74, 6) is 1.17. The molecule has 2 N–H and O–H groups in total. The molecule has 0 fully saturated rings. The summed E-state index contributed by atoms with van der Waals surface area (Å²) in [6.45, 7) is 8.35. The first-order valence-electron chi connectivity index (χ1n) is 5.37. The number of hydrogen-bond acceptors (Lipinski definition) is 3. The fourth-order valence-corrected chi connectivity index (χ4v) is 1.58. The molecule has 0 amide bonds. The van der Waals surface area contributed by atoms with Gasteiger partial charge in [0.25, 0.3) is 0 Å². The van der Waals surface area contributed by atoms with E-state index in [4.69, 9.17) is 10.5 Å². The van der Waals surface area contributed by atoms with Crippen molar-refractivity contribution in [3.8, 4) is 5.88 Å². The van der Waals surface area contributed by atoms with E-state index in [2.05, 4.69) is 18.8 Å². The highest BCUT2D eigenvalue weighted by molar-refractivity contribution is 5.49. The number of rotatable bonds is 4. The maximum absolute atomic E-state index is 5.81. The van der Waals surface area contributed by atoms with E-state index in [1.807, 2.05) is 19.9 Å². The van der Waals surface area contributed by atoms with Gasteiger partial charge in [0, 0.05) is 6.20 Å². The molecule has 0 saturated heterocycles. The molecule has 1 unspecified atom stereocenters.